The van der Waals surface area contributed by atoms with Crippen molar-refractivity contribution < 1.29 is 27.6 Å². The number of hydrogen-bond acceptors (Lipinski definition) is 7. The van der Waals surface area contributed by atoms with Crippen LogP contribution in [-0.4, -0.2) is 54.1 Å². The van der Waals surface area contributed by atoms with Gasteiger partial charge in [0.05, 0.1) is 16.0 Å². The van der Waals surface area contributed by atoms with Gasteiger partial charge in [-0.25, -0.2) is 8.42 Å². The van der Waals surface area contributed by atoms with Crippen molar-refractivity contribution >= 4 is 33.3 Å². The molecule has 1 aromatic carbocycles. The molecular weight excluding hydrogens is 446 g/mol. The number of fused-ring (bicyclic) bond motifs is 1. The second kappa shape index (κ2) is 8.36. The number of sulfone groups is 1. The van der Waals surface area contributed by atoms with Crippen LogP contribution >= 0.6 is 0 Å². The van der Waals surface area contributed by atoms with Crippen LogP contribution in [0, 0.1) is 0 Å². The zero-order valence-corrected chi connectivity index (χ0v) is 18.6. The lowest BCUT2D eigenvalue weighted by Crippen LogP contribution is -2.51. The number of Topliss-reactive ketones (excluding diaryl/α,β-unsaturated/α-hetero) is 1. The third kappa shape index (κ3) is 4.34. The number of carbonyl (C=O) groups is 4. The first-order valence-corrected chi connectivity index (χ1v) is 12.1. The summed E-state index contributed by atoms with van der Waals surface area (Å²) in [5.41, 5.74) is 1.81. The lowest BCUT2D eigenvalue weighted by atomic mass is 10.0. The van der Waals surface area contributed by atoms with Gasteiger partial charge in [0.25, 0.3) is 11.8 Å². The van der Waals surface area contributed by atoms with E-state index in [4.69, 9.17) is 0 Å². The molecule has 1 N–H and O–H groups in total. The summed E-state index contributed by atoms with van der Waals surface area (Å²) in [7, 11) is -3.40. The lowest BCUT2D eigenvalue weighted by Gasteiger charge is -2.29. The zero-order chi connectivity index (χ0) is 23.9. The van der Waals surface area contributed by atoms with E-state index < -0.39 is 33.6 Å². The maximum absolute atomic E-state index is 12.9. The molecule has 0 aliphatic carbocycles. The van der Waals surface area contributed by atoms with Gasteiger partial charge in [-0.05, 0) is 49.1 Å². The SMILES string of the molecule is C=C1CCC(N2C(=O)c3ccc(CCC(=O)c4ccc(S(C)(=O)=O)cn4)cc3C2=O)C(=O)N1. The maximum Gasteiger partial charge on any atom is 0.262 e. The molecule has 33 heavy (non-hydrogen) atoms. The average molecular weight is 468 g/mol. The van der Waals surface area contributed by atoms with Crippen LogP contribution in [0.5, 0.6) is 0 Å². The lowest BCUT2D eigenvalue weighted by molar-refractivity contribution is -0.125. The highest BCUT2D eigenvalue weighted by Gasteiger charge is 2.43. The van der Waals surface area contributed by atoms with Crippen molar-refractivity contribution in [3.8, 4) is 0 Å². The van der Waals surface area contributed by atoms with E-state index in [2.05, 4.69) is 16.9 Å². The predicted molar refractivity (Wildman–Crippen MR) is 117 cm³/mol. The van der Waals surface area contributed by atoms with E-state index in [9.17, 15) is 27.6 Å². The number of imide groups is 1. The molecule has 2 aliphatic heterocycles. The number of hydrogen-bond donors (Lipinski definition) is 1. The molecule has 0 radical (unpaired) electrons. The second-order valence-electron chi connectivity index (χ2n) is 8.08. The van der Waals surface area contributed by atoms with Gasteiger partial charge in [0.15, 0.2) is 15.6 Å². The molecule has 3 amide bonds. The van der Waals surface area contributed by atoms with Gasteiger partial charge < -0.3 is 5.32 Å². The van der Waals surface area contributed by atoms with E-state index >= 15 is 0 Å². The monoisotopic (exact) mass is 467 g/mol. The Morgan fingerprint density at radius 1 is 1.15 bits per heavy atom. The highest BCUT2D eigenvalue weighted by atomic mass is 32.2. The Morgan fingerprint density at radius 2 is 1.88 bits per heavy atom. The fraction of sp³-hybridized carbons (Fsp3) is 0.261. The summed E-state index contributed by atoms with van der Waals surface area (Å²) >= 11 is 0. The smallest absolute Gasteiger partial charge is 0.262 e. The molecule has 0 saturated carbocycles. The molecule has 0 bridgehead atoms. The molecule has 1 aromatic heterocycles. The van der Waals surface area contributed by atoms with Crippen molar-refractivity contribution in [3.63, 3.8) is 0 Å². The summed E-state index contributed by atoms with van der Waals surface area (Å²) < 4.78 is 23.0. The molecule has 0 spiro atoms. The summed E-state index contributed by atoms with van der Waals surface area (Å²) in [4.78, 5) is 55.4. The number of nitrogens with one attached hydrogen (secondary N) is 1. The Bertz CT molecular complexity index is 1310. The largest absolute Gasteiger partial charge is 0.329 e. The van der Waals surface area contributed by atoms with Gasteiger partial charge in [0, 0.05) is 24.6 Å². The minimum atomic E-state index is -3.40. The van der Waals surface area contributed by atoms with Crippen molar-refractivity contribution in [3.05, 3.63) is 71.2 Å². The van der Waals surface area contributed by atoms with Crippen molar-refractivity contribution in [2.45, 2.75) is 36.6 Å². The Hall–Kier alpha value is -3.66. The van der Waals surface area contributed by atoms with Crippen LogP contribution in [0.4, 0.5) is 0 Å². The molecule has 3 heterocycles. The summed E-state index contributed by atoms with van der Waals surface area (Å²) in [6.07, 6.45) is 3.40. The van der Waals surface area contributed by atoms with E-state index in [1.54, 1.807) is 12.1 Å². The van der Waals surface area contributed by atoms with Crippen molar-refractivity contribution in [2.24, 2.45) is 0 Å². The van der Waals surface area contributed by atoms with Crippen LogP contribution in [0.3, 0.4) is 0 Å². The van der Waals surface area contributed by atoms with Gasteiger partial charge in [-0.1, -0.05) is 12.6 Å². The second-order valence-corrected chi connectivity index (χ2v) is 10.1. The normalized spacial score (nSPS) is 18.3. The molecule has 4 rings (SSSR count). The van der Waals surface area contributed by atoms with Crippen LogP contribution in [0.25, 0.3) is 0 Å². The molecule has 1 fully saturated rings. The van der Waals surface area contributed by atoms with Crippen LogP contribution in [0.1, 0.15) is 56.0 Å². The average Bonchev–Trinajstić information content (AvgIpc) is 3.01. The van der Waals surface area contributed by atoms with Crippen LogP contribution in [-0.2, 0) is 21.1 Å². The van der Waals surface area contributed by atoms with E-state index in [0.29, 0.717) is 30.5 Å². The Labute approximate surface area is 190 Å². The van der Waals surface area contributed by atoms with E-state index in [-0.39, 0.29) is 33.9 Å². The minimum Gasteiger partial charge on any atom is -0.329 e. The Morgan fingerprint density at radius 3 is 2.52 bits per heavy atom. The summed E-state index contributed by atoms with van der Waals surface area (Å²) in [5, 5.41) is 2.59. The predicted octanol–water partition coefficient (Wildman–Crippen LogP) is 1.69. The fourth-order valence-corrected chi connectivity index (χ4v) is 4.46. The molecule has 2 aromatic rings. The van der Waals surface area contributed by atoms with Crippen LogP contribution < -0.4 is 5.32 Å². The number of nitrogens with zero attached hydrogens (tertiary/aromatic N) is 2. The molecule has 1 atom stereocenters. The number of allylic oxidation sites excluding steroid dienone is 1. The Balaban J connectivity index is 1.46. The third-order valence-corrected chi connectivity index (χ3v) is 6.80. The van der Waals surface area contributed by atoms with Gasteiger partial charge in [-0.15, -0.1) is 0 Å². The van der Waals surface area contributed by atoms with Crippen LogP contribution in [0.15, 0.2) is 53.7 Å². The minimum absolute atomic E-state index is 0.0290. The molecule has 170 valence electrons. The van der Waals surface area contributed by atoms with Crippen LogP contribution in [0.2, 0.25) is 0 Å². The van der Waals surface area contributed by atoms with Gasteiger partial charge in [0.1, 0.15) is 11.7 Å². The summed E-state index contributed by atoms with van der Waals surface area (Å²) in [5.74, 6) is -1.76. The first-order chi connectivity index (χ1) is 15.6. The molecule has 10 heteroatoms. The maximum atomic E-state index is 12.9. The molecular formula is C23H21N3O6S. The number of amides is 3. The summed E-state index contributed by atoms with van der Waals surface area (Å²) in [6, 6.07) is 6.60. The highest BCUT2D eigenvalue weighted by molar-refractivity contribution is 7.90. The van der Waals surface area contributed by atoms with E-state index in [1.807, 2.05) is 0 Å². The van der Waals surface area contributed by atoms with Gasteiger partial charge in [-0.2, -0.15) is 0 Å². The molecule has 1 saturated heterocycles. The van der Waals surface area contributed by atoms with E-state index in [1.165, 1.54) is 18.2 Å². The first kappa shape index (κ1) is 22.5. The number of pyridine rings is 1. The topological polar surface area (TPSA) is 131 Å². The molecule has 2 aliphatic rings. The quantitative estimate of drug-likeness (QED) is 0.505. The van der Waals surface area contributed by atoms with Gasteiger partial charge in [-0.3, -0.25) is 29.1 Å². The van der Waals surface area contributed by atoms with Crippen molar-refractivity contribution in [2.75, 3.05) is 6.26 Å². The number of piperidine rings is 1. The summed E-state index contributed by atoms with van der Waals surface area (Å²) in [6.45, 7) is 3.71. The third-order valence-electron chi connectivity index (χ3n) is 5.71. The molecule has 1 unspecified atom stereocenters. The van der Waals surface area contributed by atoms with Crippen molar-refractivity contribution in [1.82, 2.24) is 15.2 Å². The zero-order valence-electron chi connectivity index (χ0n) is 17.8. The van der Waals surface area contributed by atoms with Crippen molar-refractivity contribution in [1.29, 1.82) is 0 Å². The number of aryl methyl sites for hydroxylation is 1. The van der Waals surface area contributed by atoms with Gasteiger partial charge >= 0.3 is 0 Å². The number of rotatable bonds is 6. The number of ketones is 1. The Kier molecular flexibility index (Phi) is 5.71. The highest BCUT2D eigenvalue weighted by Crippen LogP contribution is 2.29. The fourth-order valence-electron chi connectivity index (χ4n) is 3.90. The number of carbonyl (C=O) groups excluding carboxylic acids is 4. The standard InChI is InChI=1S/C23H21N3O6S/c1-13-3-9-19(21(28)25-13)26-22(29)16-7-4-14(11-17(16)23(26)30)5-10-20(27)18-8-6-15(12-24-18)33(2,31)32/h4,6-8,11-12,19H,1,3,5,9-10H2,2H3,(H,25,28). The molecule has 9 nitrogen and oxygen atoms in total. The number of aromatic nitrogens is 1. The number of benzene rings is 1. The first-order valence-electron chi connectivity index (χ1n) is 10.2. The van der Waals surface area contributed by atoms with Gasteiger partial charge in [0.2, 0.25) is 5.91 Å². The van der Waals surface area contributed by atoms with E-state index in [0.717, 1.165) is 17.4 Å².